The van der Waals surface area contributed by atoms with Crippen molar-refractivity contribution < 1.29 is 4.79 Å². The van der Waals surface area contributed by atoms with E-state index in [1.54, 1.807) is 0 Å². The molecule has 0 atom stereocenters. The van der Waals surface area contributed by atoms with Crippen molar-refractivity contribution in [3.63, 3.8) is 0 Å². The molecule has 0 N–H and O–H groups in total. The van der Waals surface area contributed by atoms with Crippen LogP contribution < -0.4 is 4.90 Å². The zero-order valence-corrected chi connectivity index (χ0v) is 13.7. The van der Waals surface area contributed by atoms with Crippen LogP contribution >= 0.6 is 11.6 Å². The van der Waals surface area contributed by atoms with Crippen molar-refractivity contribution in [3.8, 4) is 0 Å². The Morgan fingerprint density at radius 2 is 1.17 bits per heavy atom. The molecular formula is C21H16ClNO. The molecule has 3 heteroatoms. The van der Waals surface area contributed by atoms with Crippen molar-refractivity contribution in [2.45, 2.75) is 0 Å². The summed E-state index contributed by atoms with van der Waals surface area (Å²) in [6.07, 6.45) is 2.04. The van der Waals surface area contributed by atoms with Crippen LogP contribution in [0.1, 0.15) is 5.56 Å². The molecule has 24 heavy (non-hydrogen) atoms. The van der Waals surface area contributed by atoms with Gasteiger partial charge in [-0.3, -0.25) is 4.79 Å². The van der Waals surface area contributed by atoms with Gasteiger partial charge in [0.25, 0.3) is 0 Å². The lowest BCUT2D eigenvalue weighted by Gasteiger charge is -2.25. The summed E-state index contributed by atoms with van der Waals surface area (Å²) in [4.78, 5) is 12.7. The molecule has 0 aliphatic rings. The highest BCUT2D eigenvalue weighted by molar-refractivity contribution is 6.49. The van der Waals surface area contributed by atoms with Crippen LogP contribution in [0.5, 0.6) is 0 Å². The number of hydrogen-bond acceptors (Lipinski definition) is 2. The fourth-order valence-corrected chi connectivity index (χ4v) is 2.70. The number of carbonyl (C=O) groups excluding carboxylic acids is 1. The van der Waals surface area contributed by atoms with Crippen molar-refractivity contribution >= 4 is 40.0 Å². The molecule has 3 aromatic carbocycles. The molecule has 118 valence electrons. The average molecular weight is 334 g/mol. The number of allylic oxidation sites excluding steroid dienone is 1. The Morgan fingerprint density at radius 3 is 1.62 bits per heavy atom. The third kappa shape index (κ3) is 3.55. The van der Waals surface area contributed by atoms with Crippen LogP contribution in [-0.2, 0) is 4.79 Å². The lowest BCUT2D eigenvalue weighted by molar-refractivity contribution is -0.104. The highest BCUT2D eigenvalue weighted by Gasteiger charge is 2.11. The van der Waals surface area contributed by atoms with E-state index in [1.807, 2.05) is 60.7 Å². The van der Waals surface area contributed by atoms with Crippen LogP contribution in [-0.4, -0.2) is 6.29 Å². The van der Waals surface area contributed by atoms with Gasteiger partial charge < -0.3 is 4.90 Å². The number of rotatable bonds is 5. The summed E-state index contributed by atoms with van der Waals surface area (Å²) in [7, 11) is 0. The molecule has 0 aliphatic carbocycles. The number of carbonyl (C=O) groups is 1. The summed E-state index contributed by atoms with van der Waals surface area (Å²) < 4.78 is 0. The van der Waals surface area contributed by atoms with Crippen molar-refractivity contribution in [2.75, 3.05) is 4.90 Å². The lowest BCUT2D eigenvalue weighted by atomic mass is 10.1. The monoisotopic (exact) mass is 333 g/mol. The summed E-state index contributed by atoms with van der Waals surface area (Å²) in [6, 6.07) is 28.2. The van der Waals surface area contributed by atoms with E-state index >= 15 is 0 Å². The Balaban J connectivity index is 2.04. The van der Waals surface area contributed by atoms with Gasteiger partial charge in [-0.2, -0.15) is 0 Å². The number of aldehydes is 1. The molecule has 0 aromatic heterocycles. The van der Waals surface area contributed by atoms with E-state index in [0.29, 0.717) is 11.3 Å². The molecule has 0 saturated carbocycles. The molecule has 2 nitrogen and oxygen atoms in total. The molecule has 0 amide bonds. The van der Waals surface area contributed by atoms with E-state index in [-0.39, 0.29) is 0 Å². The zero-order chi connectivity index (χ0) is 16.8. The number of nitrogens with zero attached hydrogens (tertiary/aromatic N) is 1. The van der Waals surface area contributed by atoms with Crippen molar-refractivity contribution in [2.24, 2.45) is 0 Å². The summed E-state index contributed by atoms with van der Waals surface area (Å²) in [5.41, 5.74) is 3.98. The summed E-state index contributed by atoms with van der Waals surface area (Å²) in [5, 5.41) is 0.433. The summed E-state index contributed by atoms with van der Waals surface area (Å²) in [5.74, 6) is 0. The SMILES string of the molecule is O=CC=C(Cl)c1ccc(N(c2ccccc2)c2ccccc2)cc1. The zero-order valence-electron chi connectivity index (χ0n) is 13.0. The number of halogens is 1. The van der Waals surface area contributed by atoms with Crippen LogP contribution in [0.25, 0.3) is 5.03 Å². The summed E-state index contributed by atoms with van der Waals surface area (Å²) in [6.45, 7) is 0. The minimum absolute atomic E-state index is 0.433. The number of hydrogen-bond donors (Lipinski definition) is 0. The first-order valence-electron chi connectivity index (χ1n) is 7.61. The van der Waals surface area contributed by atoms with Gasteiger partial charge in [0, 0.05) is 17.1 Å². The Kier molecular flexibility index (Phi) is 5.09. The molecule has 0 unspecified atom stereocenters. The Bertz CT molecular complexity index is 787. The van der Waals surface area contributed by atoms with Crippen molar-refractivity contribution in [1.29, 1.82) is 0 Å². The predicted octanol–water partition coefficient (Wildman–Crippen LogP) is 5.94. The molecule has 3 rings (SSSR count). The molecule has 0 bridgehead atoms. The first-order chi connectivity index (χ1) is 11.8. The molecule has 0 radical (unpaired) electrons. The van der Waals surface area contributed by atoms with Gasteiger partial charge in [-0.15, -0.1) is 0 Å². The number of benzene rings is 3. The van der Waals surface area contributed by atoms with E-state index in [9.17, 15) is 4.79 Å². The second-order valence-electron chi connectivity index (χ2n) is 5.20. The van der Waals surface area contributed by atoms with Gasteiger partial charge >= 0.3 is 0 Å². The van der Waals surface area contributed by atoms with Crippen molar-refractivity contribution in [3.05, 3.63) is 96.6 Å². The Labute approximate surface area is 146 Å². The first-order valence-corrected chi connectivity index (χ1v) is 7.99. The standard InChI is InChI=1S/C21H16ClNO/c22-21(15-16-24)17-11-13-20(14-12-17)23(18-7-3-1-4-8-18)19-9-5-2-6-10-19/h1-16H. The largest absolute Gasteiger partial charge is 0.311 e. The highest BCUT2D eigenvalue weighted by Crippen LogP contribution is 2.34. The second kappa shape index (κ2) is 7.62. The summed E-state index contributed by atoms with van der Waals surface area (Å²) >= 11 is 6.09. The van der Waals surface area contributed by atoms with Gasteiger partial charge in [0.1, 0.15) is 6.29 Å². The van der Waals surface area contributed by atoms with Crippen LogP contribution in [0, 0.1) is 0 Å². The van der Waals surface area contributed by atoms with E-state index in [1.165, 1.54) is 6.08 Å². The first kappa shape index (κ1) is 16.0. The fraction of sp³-hybridized carbons (Fsp3) is 0. The maximum atomic E-state index is 10.6. The second-order valence-corrected chi connectivity index (χ2v) is 5.61. The smallest absolute Gasteiger partial charge is 0.144 e. The average Bonchev–Trinajstić information content (AvgIpc) is 2.64. The van der Waals surface area contributed by atoms with Crippen LogP contribution in [0.15, 0.2) is 91.0 Å². The molecular weight excluding hydrogens is 318 g/mol. The topological polar surface area (TPSA) is 20.3 Å². The van der Waals surface area contributed by atoms with Crippen LogP contribution in [0.2, 0.25) is 0 Å². The van der Waals surface area contributed by atoms with Gasteiger partial charge in [-0.1, -0.05) is 60.1 Å². The Hall–Kier alpha value is -2.84. The molecule has 0 fully saturated rings. The third-order valence-corrected chi connectivity index (χ3v) is 3.99. The number of anilines is 3. The fourth-order valence-electron chi connectivity index (χ4n) is 2.53. The predicted molar refractivity (Wildman–Crippen MR) is 101 cm³/mol. The third-order valence-electron chi connectivity index (χ3n) is 3.64. The van der Waals surface area contributed by atoms with Crippen molar-refractivity contribution in [1.82, 2.24) is 0 Å². The minimum Gasteiger partial charge on any atom is -0.311 e. The van der Waals surface area contributed by atoms with E-state index < -0.39 is 0 Å². The maximum Gasteiger partial charge on any atom is 0.144 e. The van der Waals surface area contributed by atoms with Gasteiger partial charge in [-0.25, -0.2) is 0 Å². The molecule has 3 aromatic rings. The Morgan fingerprint density at radius 1 is 0.708 bits per heavy atom. The molecule has 0 heterocycles. The quantitative estimate of drug-likeness (QED) is 0.425. The maximum absolute atomic E-state index is 10.6. The molecule has 0 aliphatic heterocycles. The van der Waals surface area contributed by atoms with E-state index in [4.69, 9.17) is 11.6 Å². The lowest BCUT2D eigenvalue weighted by Crippen LogP contribution is -2.09. The van der Waals surface area contributed by atoms with Gasteiger partial charge in [0.2, 0.25) is 0 Å². The minimum atomic E-state index is 0.433. The molecule has 0 saturated heterocycles. The van der Waals surface area contributed by atoms with Gasteiger partial charge in [0.15, 0.2) is 0 Å². The number of para-hydroxylation sites is 2. The highest BCUT2D eigenvalue weighted by atomic mass is 35.5. The molecule has 0 spiro atoms. The van der Waals surface area contributed by atoms with E-state index in [0.717, 1.165) is 22.6 Å². The van der Waals surface area contributed by atoms with E-state index in [2.05, 4.69) is 29.2 Å². The van der Waals surface area contributed by atoms with Gasteiger partial charge in [0.05, 0.1) is 5.03 Å². The normalized spacial score (nSPS) is 11.1. The van der Waals surface area contributed by atoms with Crippen LogP contribution in [0.3, 0.4) is 0 Å². The van der Waals surface area contributed by atoms with Gasteiger partial charge in [-0.05, 0) is 48.0 Å². The van der Waals surface area contributed by atoms with Crippen LogP contribution in [0.4, 0.5) is 17.1 Å².